The second kappa shape index (κ2) is 8.81. The van der Waals surface area contributed by atoms with E-state index in [9.17, 15) is 14.7 Å². The summed E-state index contributed by atoms with van der Waals surface area (Å²) < 4.78 is 5.17. The Kier molecular flexibility index (Phi) is 6.75. The molecule has 0 bridgehead atoms. The summed E-state index contributed by atoms with van der Waals surface area (Å²) in [6, 6.07) is 7.43. The van der Waals surface area contributed by atoms with Crippen molar-refractivity contribution in [2.45, 2.75) is 53.1 Å². The van der Waals surface area contributed by atoms with Crippen LogP contribution in [0.1, 0.15) is 76.0 Å². The largest absolute Gasteiger partial charge is 0.453 e. The fourth-order valence-corrected chi connectivity index (χ4v) is 3.12. The number of aliphatic hydroxyl groups excluding tert-OH is 1. The van der Waals surface area contributed by atoms with Crippen molar-refractivity contribution in [1.29, 1.82) is 0 Å². The number of hydrogen-bond acceptors (Lipinski definition) is 4. The Labute approximate surface area is 154 Å². The summed E-state index contributed by atoms with van der Waals surface area (Å²) in [6.07, 6.45) is 2.57. The van der Waals surface area contributed by atoms with Gasteiger partial charge in [-0.25, -0.2) is 4.79 Å². The molecule has 1 aromatic carbocycles. The average Bonchev–Trinajstić information content (AvgIpc) is 2.92. The molecule has 2 aromatic rings. The molecule has 0 aliphatic heterocycles. The molecule has 0 saturated heterocycles. The van der Waals surface area contributed by atoms with Gasteiger partial charge in [-0.15, -0.1) is 0 Å². The van der Waals surface area contributed by atoms with Gasteiger partial charge >= 0.3 is 5.97 Å². The van der Waals surface area contributed by atoms with Gasteiger partial charge in [0.25, 0.3) is 0 Å². The molecule has 1 heterocycles. The molecule has 140 valence electrons. The number of aromatic amines is 1. The zero-order chi connectivity index (χ0) is 19.3. The lowest BCUT2D eigenvalue weighted by Crippen LogP contribution is -2.15. The van der Waals surface area contributed by atoms with Crippen LogP contribution in [0, 0.1) is 13.8 Å². The summed E-state index contributed by atoms with van der Waals surface area (Å²) in [5.41, 5.74) is 4.06. The smallest absolute Gasteiger partial charge is 0.355 e. The monoisotopic (exact) mass is 357 g/mol. The highest BCUT2D eigenvalue weighted by Gasteiger charge is 2.21. The number of aliphatic hydroxyl groups is 1. The van der Waals surface area contributed by atoms with E-state index in [1.165, 1.54) is 5.56 Å². The number of carbonyl (C=O) groups is 2. The maximum Gasteiger partial charge on any atom is 0.355 e. The molecule has 2 N–H and O–H groups in total. The summed E-state index contributed by atoms with van der Waals surface area (Å²) in [4.78, 5) is 27.5. The number of esters is 1. The van der Waals surface area contributed by atoms with Gasteiger partial charge in [0.1, 0.15) is 5.69 Å². The van der Waals surface area contributed by atoms with Crippen molar-refractivity contribution in [1.82, 2.24) is 4.98 Å². The first-order chi connectivity index (χ1) is 12.3. The minimum Gasteiger partial charge on any atom is -0.453 e. The van der Waals surface area contributed by atoms with Gasteiger partial charge in [-0.3, -0.25) is 4.79 Å². The maximum atomic E-state index is 12.3. The molecule has 0 spiro atoms. The van der Waals surface area contributed by atoms with Crippen molar-refractivity contribution in [3.8, 4) is 0 Å². The summed E-state index contributed by atoms with van der Waals surface area (Å²) in [7, 11) is 0. The lowest BCUT2D eigenvalue weighted by molar-refractivity contribution is 0.0468. The Morgan fingerprint density at radius 1 is 1.19 bits per heavy atom. The average molecular weight is 357 g/mol. The summed E-state index contributed by atoms with van der Waals surface area (Å²) in [5.74, 6) is -0.831. The van der Waals surface area contributed by atoms with Gasteiger partial charge in [0, 0.05) is 16.8 Å². The fraction of sp³-hybridized carbons (Fsp3) is 0.429. The van der Waals surface area contributed by atoms with Gasteiger partial charge in [-0.1, -0.05) is 37.6 Å². The minimum absolute atomic E-state index is 0.239. The number of hydrogen-bond donors (Lipinski definition) is 2. The topological polar surface area (TPSA) is 79.4 Å². The highest BCUT2D eigenvalue weighted by Crippen LogP contribution is 2.24. The number of ketones is 1. The number of ether oxygens (including phenoxy) is 1. The van der Waals surface area contributed by atoms with Crippen molar-refractivity contribution in [2.24, 2.45) is 0 Å². The van der Waals surface area contributed by atoms with Crippen LogP contribution in [0.2, 0.25) is 0 Å². The van der Waals surface area contributed by atoms with E-state index in [4.69, 9.17) is 4.74 Å². The van der Waals surface area contributed by atoms with Crippen LogP contribution in [0.25, 0.3) is 0 Å². The highest BCUT2D eigenvalue weighted by molar-refractivity contribution is 5.99. The number of benzene rings is 1. The van der Waals surface area contributed by atoms with E-state index in [1.54, 1.807) is 32.9 Å². The quantitative estimate of drug-likeness (QED) is 0.551. The number of aromatic nitrogens is 1. The van der Waals surface area contributed by atoms with Gasteiger partial charge in [0.15, 0.2) is 12.4 Å². The van der Waals surface area contributed by atoms with Crippen LogP contribution in [0.4, 0.5) is 0 Å². The van der Waals surface area contributed by atoms with E-state index in [0.29, 0.717) is 16.7 Å². The van der Waals surface area contributed by atoms with Crippen LogP contribution in [-0.2, 0) is 11.2 Å². The molecule has 5 heteroatoms. The second-order valence-corrected chi connectivity index (χ2v) is 6.64. The molecule has 0 radical (unpaired) electrons. The Hall–Kier alpha value is -2.40. The van der Waals surface area contributed by atoms with Crippen molar-refractivity contribution in [3.05, 3.63) is 57.9 Å². The molecule has 0 aliphatic carbocycles. The van der Waals surface area contributed by atoms with Crippen LogP contribution in [-0.4, -0.2) is 28.4 Å². The second-order valence-electron chi connectivity index (χ2n) is 6.64. The predicted molar refractivity (Wildman–Crippen MR) is 101 cm³/mol. The Bertz CT molecular complexity index is 772. The third kappa shape index (κ3) is 4.61. The minimum atomic E-state index is -0.680. The first-order valence-electron chi connectivity index (χ1n) is 9.01. The molecule has 0 unspecified atom stereocenters. The number of unbranched alkanes of at least 4 members (excludes halogenated alkanes) is 1. The lowest BCUT2D eigenvalue weighted by Gasteiger charge is -2.07. The number of rotatable bonds is 8. The summed E-state index contributed by atoms with van der Waals surface area (Å²) in [5, 5.41) is 9.80. The van der Waals surface area contributed by atoms with Crippen molar-refractivity contribution in [3.63, 3.8) is 0 Å². The van der Waals surface area contributed by atoms with Crippen molar-refractivity contribution < 1.29 is 19.4 Å². The number of carbonyl (C=O) groups excluding carboxylic acids is 2. The highest BCUT2D eigenvalue weighted by atomic mass is 16.5. The first-order valence-corrected chi connectivity index (χ1v) is 9.01. The van der Waals surface area contributed by atoms with Gasteiger partial charge in [-0.2, -0.15) is 0 Å². The van der Waals surface area contributed by atoms with Gasteiger partial charge in [-0.05, 0) is 44.7 Å². The van der Waals surface area contributed by atoms with E-state index < -0.39 is 12.1 Å². The molecule has 1 atom stereocenters. The van der Waals surface area contributed by atoms with E-state index in [1.807, 2.05) is 12.1 Å². The van der Waals surface area contributed by atoms with Gasteiger partial charge < -0.3 is 14.8 Å². The fourth-order valence-electron chi connectivity index (χ4n) is 3.12. The van der Waals surface area contributed by atoms with Gasteiger partial charge in [0.05, 0.1) is 6.10 Å². The molecular weight excluding hydrogens is 330 g/mol. The van der Waals surface area contributed by atoms with E-state index in [0.717, 1.165) is 25.0 Å². The third-order valence-electron chi connectivity index (χ3n) is 4.55. The predicted octanol–water partition coefficient (Wildman–Crippen LogP) is 4.07. The number of aryl methyl sites for hydroxylation is 2. The Morgan fingerprint density at radius 2 is 1.85 bits per heavy atom. The number of nitrogens with one attached hydrogen (secondary N) is 1. The summed E-state index contributed by atoms with van der Waals surface area (Å²) in [6.45, 7) is 7.01. The van der Waals surface area contributed by atoms with Crippen LogP contribution in [0.5, 0.6) is 0 Å². The van der Waals surface area contributed by atoms with Crippen LogP contribution in [0.3, 0.4) is 0 Å². The van der Waals surface area contributed by atoms with Crippen molar-refractivity contribution >= 4 is 11.8 Å². The molecular formula is C21H27NO4. The van der Waals surface area contributed by atoms with Crippen LogP contribution < -0.4 is 0 Å². The van der Waals surface area contributed by atoms with Crippen LogP contribution in [0.15, 0.2) is 24.3 Å². The van der Waals surface area contributed by atoms with Crippen LogP contribution >= 0.6 is 0 Å². The molecule has 1 aromatic heterocycles. The summed E-state index contributed by atoms with van der Waals surface area (Å²) >= 11 is 0. The third-order valence-corrected chi connectivity index (χ3v) is 4.55. The zero-order valence-corrected chi connectivity index (χ0v) is 15.9. The molecule has 0 saturated carbocycles. The number of H-pyrrole nitrogens is 1. The number of Topliss-reactive ketones (excluding diaryl/α,β-unsaturated/α-hetero) is 1. The maximum absolute atomic E-state index is 12.3. The van der Waals surface area contributed by atoms with E-state index in [-0.39, 0.29) is 18.1 Å². The standard InChI is InChI=1S/C21H27NO4/c1-5-6-7-16-8-10-17(11-9-16)18(24)12-26-21(25)20-13(2)19(15(4)23)14(3)22-20/h8-11,15,22-23H,5-7,12H2,1-4H3/t15-/m0/s1. The Balaban J connectivity index is 1.99. The SMILES string of the molecule is CCCCc1ccc(C(=O)COC(=O)c2[nH]c(C)c([C@H](C)O)c2C)cc1. The zero-order valence-electron chi connectivity index (χ0n) is 15.9. The van der Waals surface area contributed by atoms with E-state index >= 15 is 0 Å². The Morgan fingerprint density at radius 3 is 2.38 bits per heavy atom. The molecule has 0 fully saturated rings. The molecule has 5 nitrogen and oxygen atoms in total. The van der Waals surface area contributed by atoms with Crippen molar-refractivity contribution in [2.75, 3.05) is 6.61 Å². The lowest BCUT2D eigenvalue weighted by atomic mass is 10.0. The first kappa shape index (κ1) is 19.9. The molecule has 0 aliphatic rings. The molecule has 26 heavy (non-hydrogen) atoms. The molecule has 0 amide bonds. The van der Waals surface area contributed by atoms with E-state index in [2.05, 4.69) is 11.9 Å². The normalized spacial score (nSPS) is 12.0. The van der Waals surface area contributed by atoms with Gasteiger partial charge in [0.2, 0.25) is 0 Å². The molecule has 2 rings (SSSR count).